The minimum absolute atomic E-state index is 0.0191. The van der Waals surface area contributed by atoms with Crippen LogP contribution in [0.3, 0.4) is 0 Å². The third-order valence-electron chi connectivity index (χ3n) is 4.71. The van der Waals surface area contributed by atoms with Gasteiger partial charge in [-0.1, -0.05) is 0 Å². The van der Waals surface area contributed by atoms with E-state index < -0.39 is 0 Å². The Morgan fingerprint density at radius 1 is 1.35 bits per heavy atom. The largest absolute Gasteiger partial charge is 0.468 e. The number of furan rings is 1. The highest BCUT2D eigenvalue weighted by atomic mass is 32.1. The molecule has 1 aliphatic heterocycles. The van der Waals surface area contributed by atoms with Gasteiger partial charge in [0.1, 0.15) is 17.1 Å². The molecule has 0 spiro atoms. The molecule has 1 amide bonds. The van der Waals surface area contributed by atoms with E-state index in [-0.39, 0.29) is 24.1 Å². The van der Waals surface area contributed by atoms with Gasteiger partial charge in [-0.05, 0) is 49.5 Å². The Labute approximate surface area is 154 Å². The zero-order valence-electron chi connectivity index (χ0n) is 14.3. The molecular formula is C18H20N4O3S. The number of fused-ring (bicyclic) bond motifs is 1. The highest BCUT2D eigenvalue weighted by Crippen LogP contribution is 2.24. The molecule has 136 valence electrons. The van der Waals surface area contributed by atoms with E-state index >= 15 is 0 Å². The molecule has 0 radical (unpaired) electrons. The van der Waals surface area contributed by atoms with E-state index in [4.69, 9.17) is 4.42 Å². The normalized spacial score (nSPS) is 16.2. The van der Waals surface area contributed by atoms with Crippen LogP contribution in [0.25, 0.3) is 10.2 Å². The lowest BCUT2D eigenvalue weighted by molar-refractivity contribution is -0.122. The van der Waals surface area contributed by atoms with E-state index in [2.05, 4.69) is 15.2 Å². The second kappa shape index (κ2) is 7.43. The zero-order chi connectivity index (χ0) is 17.9. The molecule has 7 nitrogen and oxygen atoms in total. The summed E-state index contributed by atoms with van der Waals surface area (Å²) in [5, 5.41) is 5.32. The molecule has 1 aliphatic rings. The maximum absolute atomic E-state index is 12.4. The summed E-state index contributed by atoms with van der Waals surface area (Å²) in [5.74, 6) is 0.643. The first-order chi connectivity index (χ1) is 12.7. The monoisotopic (exact) mass is 372 g/mol. The van der Waals surface area contributed by atoms with E-state index in [0.29, 0.717) is 16.8 Å². The number of rotatable bonds is 6. The van der Waals surface area contributed by atoms with E-state index in [0.717, 1.165) is 31.7 Å². The van der Waals surface area contributed by atoms with Crippen molar-refractivity contribution in [1.29, 1.82) is 0 Å². The van der Waals surface area contributed by atoms with Crippen molar-refractivity contribution >= 4 is 27.5 Å². The summed E-state index contributed by atoms with van der Waals surface area (Å²) in [5.41, 5.74) is -0.187. The van der Waals surface area contributed by atoms with Crippen molar-refractivity contribution in [1.82, 2.24) is 19.8 Å². The number of thiophene rings is 1. The van der Waals surface area contributed by atoms with Gasteiger partial charge in [-0.3, -0.25) is 19.1 Å². The van der Waals surface area contributed by atoms with Crippen LogP contribution in [0.2, 0.25) is 0 Å². The molecule has 4 rings (SSSR count). The summed E-state index contributed by atoms with van der Waals surface area (Å²) < 4.78 is 6.91. The molecule has 1 saturated heterocycles. The molecule has 1 atom stereocenters. The van der Waals surface area contributed by atoms with Crippen LogP contribution in [0.1, 0.15) is 24.6 Å². The van der Waals surface area contributed by atoms with E-state index in [1.165, 1.54) is 22.2 Å². The lowest BCUT2D eigenvalue weighted by Gasteiger charge is -2.26. The highest BCUT2D eigenvalue weighted by Gasteiger charge is 2.26. The second-order valence-electron chi connectivity index (χ2n) is 6.40. The Hall–Kier alpha value is -2.45. The lowest BCUT2D eigenvalue weighted by Crippen LogP contribution is -2.39. The van der Waals surface area contributed by atoms with Gasteiger partial charge >= 0.3 is 0 Å². The summed E-state index contributed by atoms with van der Waals surface area (Å²) in [6, 6.07) is 5.56. The molecule has 3 aromatic rings. The van der Waals surface area contributed by atoms with Gasteiger partial charge in [0.15, 0.2) is 0 Å². The Bertz CT molecular complexity index is 941. The Morgan fingerprint density at radius 2 is 2.19 bits per heavy atom. The average molecular weight is 372 g/mol. The van der Waals surface area contributed by atoms with Gasteiger partial charge in [0, 0.05) is 6.54 Å². The fourth-order valence-corrected chi connectivity index (χ4v) is 4.09. The van der Waals surface area contributed by atoms with E-state index in [1.807, 2.05) is 17.5 Å². The number of carbonyl (C=O) groups excluding carboxylic acids is 1. The molecule has 3 aromatic heterocycles. The van der Waals surface area contributed by atoms with Crippen molar-refractivity contribution in [2.45, 2.75) is 25.4 Å². The highest BCUT2D eigenvalue weighted by molar-refractivity contribution is 7.16. The molecule has 0 aliphatic carbocycles. The second-order valence-corrected chi connectivity index (χ2v) is 7.29. The van der Waals surface area contributed by atoms with Crippen LogP contribution in [-0.2, 0) is 11.3 Å². The summed E-state index contributed by atoms with van der Waals surface area (Å²) in [4.78, 5) is 32.0. The van der Waals surface area contributed by atoms with Crippen LogP contribution in [0.4, 0.5) is 0 Å². The SMILES string of the molecule is O=C(Cn1cnc2sccc2c1=O)NC[C@H](c1ccco1)N1CCCC1. The van der Waals surface area contributed by atoms with Crippen LogP contribution in [0.15, 0.2) is 45.4 Å². The maximum Gasteiger partial charge on any atom is 0.262 e. The van der Waals surface area contributed by atoms with Crippen LogP contribution in [0.5, 0.6) is 0 Å². The predicted molar refractivity (Wildman–Crippen MR) is 99.1 cm³/mol. The number of hydrogen-bond acceptors (Lipinski definition) is 6. The number of amides is 1. The standard InChI is InChI=1S/C18H20N4O3S/c23-16(11-22-12-20-17-13(18(22)24)5-9-26-17)19-10-14(15-4-3-8-25-15)21-6-1-2-7-21/h3-5,8-9,12,14H,1-2,6-7,10-11H2,(H,19,23)/t14-/m1/s1. The van der Waals surface area contributed by atoms with Crippen LogP contribution in [0, 0.1) is 0 Å². The molecule has 4 heterocycles. The summed E-state index contributed by atoms with van der Waals surface area (Å²) >= 11 is 1.41. The number of hydrogen-bond donors (Lipinski definition) is 1. The fraction of sp³-hybridized carbons (Fsp3) is 0.389. The van der Waals surface area contributed by atoms with Crippen LogP contribution < -0.4 is 10.9 Å². The van der Waals surface area contributed by atoms with Gasteiger partial charge < -0.3 is 9.73 Å². The Balaban J connectivity index is 1.43. The van der Waals surface area contributed by atoms with Gasteiger partial charge in [-0.15, -0.1) is 11.3 Å². The quantitative estimate of drug-likeness (QED) is 0.716. The summed E-state index contributed by atoms with van der Waals surface area (Å²) in [6.07, 6.45) is 5.41. The van der Waals surface area contributed by atoms with Gasteiger partial charge in [-0.2, -0.15) is 0 Å². The van der Waals surface area contributed by atoms with Crippen molar-refractivity contribution in [3.05, 3.63) is 52.3 Å². The van der Waals surface area contributed by atoms with Crippen molar-refractivity contribution in [3.8, 4) is 0 Å². The van der Waals surface area contributed by atoms with Gasteiger partial charge in [0.2, 0.25) is 5.91 Å². The number of carbonyl (C=O) groups is 1. The topological polar surface area (TPSA) is 80.4 Å². The zero-order valence-corrected chi connectivity index (χ0v) is 15.1. The summed E-state index contributed by atoms with van der Waals surface area (Å²) in [7, 11) is 0. The molecular weight excluding hydrogens is 352 g/mol. The summed E-state index contributed by atoms with van der Waals surface area (Å²) in [6.45, 7) is 2.41. The van der Waals surface area contributed by atoms with Crippen molar-refractivity contribution in [3.63, 3.8) is 0 Å². The number of aromatic nitrogens is 2. The Morgan fingerprint density at radius 3 is 2.96 bits per heavy atom. The van der Waals surface area contributed by atoms with Gasteiger partial charge in [-0.25, -0.2) is 4.98 Å². The van der Waals surface area contributed by atoms with Crippen LogP contribution >= 0.6 is 11.3 Å². The average Bonchev–Trinajstić information content (AvgIpc) is 3.40. The molecule has 26 heavy (non-hydrogen) atoms. The third kappa shape index (κ3) is 3.42. The molecule has 0 saturated carbocycles. The van der Waals surface area contributed by atoms with Crippen LogP contribution in [-0.4, -0.2) is 40.0 Å². The predicted octanol–water partition coefficient (Wildman–Crippen LogP) is 2.00. The van der Waals surface area contributed by atoms with E-state index in [9.17, 15) is 9.59 Å². The first-order valence-corrected chi connectivity index (χ1v) is 9.57. The third-order valence-corrected chi connectivity index (χ3v) is 5.53. The number of nitrogens with one attached hydrogen (secondary N) is 1. The number of nitrogens with zero attached hydrogens (tertiary/aromatic N) is 3. The fourth-order valence-electron chi connectivity index (χ4n) is 3.37. The van der Waals surface area contributed by atoms with Crippen molar-refractivity contribution < 1.29 is 9.21 Å². The lowest BCUT2D eigenvalue weighted by atomic mass is 10.2. The molecule has 8 heteroatoms. The van der Waals surface area contributed by atoms with Crippen molar-refractivity contribution in [2.24, 2.45) is 0 Å². The van der Waals surface area contributed by atoms with Gasteiger partial charge in [0.25, 0.3) is 5.56 Å². The first-order valence-electron chi connectivity index (χ1n) is 8.69. The van der Waals surface area contributed by atoms with Gasteiger partial charge in [0.05, 0.1) is 24.0 Å². The van der Waals surface area contributed by atoms with Crippen molar-refractivity contribution in [2.75, 3.05) is 19.6 Å². The minimum Gasteiger partial charge on any atom is -0.468 e. The minimum atomic E-state index is -0.209. The molecule has 0 bridgehead atoms. The molecule has 0 unspecified atom stereocenters. The molecule has 0 aromatic carbocycles. The Kier molecular flexibility index (Phi) is 4.85. The maximum atomic E-state index is 12.4. The molecule has 1 fully saturated rings. The van der Waals surface area contributed by atoms with E-state index in [1.54, 1.807) is 12.3 Å². The first kappa shape index (κ1) is 17.0. The smallest absolute Gasteiger partial charge is 0.262 e. The molecule has 1 N–H and O–H groups in total. The number of likely N-dealkylation sites (tertiary alicyclic amines) is 1.